The minimum absolute atomic E-state index is 0.0160. The second-order valence-corrected chi connectivity index (χ2v) is 13.8. The zero-order valence-corrected chi connectivity index (χ0v) is 27.6. The van der Waals surface area contributed by atoms with Crippen LogP contribution in [-0.2, 0) is 29.0 Å². The number of sulfone groups is 1. The molecule has 1 aliphatic rings. The van der Waals surface area contributed by atoms with Crippen LogP contribution in [0, 0.1) is 5.92 Å². The number of pyridine rings is 1. The van der Waals surface area contributed by atoms with Crippen molar-refractivity contribution in [2.45, 2.75) is 36.5 Å². The summed E-state index contributed by atoms with van der Waals surface area (Å²) >= 11 is 6.28. The Bertz CT molecular complexity index is 2040. The number of nitrogen functional groups attached to an aromatic ring is 1. The molecule has 3 N–H and O–H groups in total. The van der Waals surface area contributed by atoms with Gasteiger partial charge in [-0.05, 0) is 65.4 Å². The van der Waals surface area contributed by atoms with Gasteiger partial charge in [0.15, 0.2) is 9.84 Å². The van der Waals surface area contributed by atoms with E-state index < -0.39 is 51.9 Å². The highest BCUT2D eigenvalue weighted by molar-refractivity contribution is 7.91. The van der Waals surface area contributed by atoms with Gasteiger partial charge in [-0.3, -0.25) is 9.59 Å². The largest absolute Gasteiger partial charge is 0.495 e. The van der Waals surface area contributed by atoms with Gasteiger partial charge in [-0.15, -0.1) is 0 Å². The highest BCUT2D eigenvalue weighted by Crippen LogP contribution is 2.43. The molecule has 49 heavy (non-hydrogen) atoms. The first-order valence-electron chi connectivity index (χ1n) is 14.9. The SMILES string of the molecule is CCS(=O)(=O)c1ccccc1C1C(C(=O)OC(=O)C(F)(F)F)CCN1C(=O)[C@H](Nc1ccc2c(N)nccc2c1)c1ccc(Cl)c(OC)c1. The van der Waals surface area contributed by atoms with Gasteiger partial charge in [-0.1, -0.05) is 42.8 Å². The van der Waals surface area contributed by atoms with Crippen molar-refractivity contribution in [2.24, 2.45) is 5.92 Å². The predicted molar refractivity (Wildman–Crippen MR) is 174 cm³/mol. The van der Waals surface area contributed by atoms with Gasteiger partial charge < -0.3 is 25.4 Å². The first-order valence-corrected chi connectivity index (χ1v) is 16.9. The average molecular weight is 719 g/mol. The zero-order chi connectivity index (χ0) is 35.7. The first kappa shape index (κ1) is 35.4. The number of aromatic nitrogens is 1. The van der Waals surface area contributed by atoms with E-state index in [-0.39, 0.29) is 39.9 Å². The monoisotopic (exact) mass is 718 g/mol. The van der Waals surface area contributed by atoms with Crippen LogP contribution in [0.2, 0.25) is 5.02 Å². The van der Waals surface area contributed by atoms with Crippen LogP contribution in [-0.4, -0.2) is 61.7 Å². The van der Waals surface area contributed by atoms with E-state index in [1.807, 2.05) is 0 Å². The molecule has 2 unspecified atom stereocenters. The molecule has 1 saturated heterocycles. The van der Waals surface area contributed by atoms with Gasteiger partial charge in [0.25, 0.3) is 0 Å². The highest BCUT2D eigenvalue weighted by Gasteiger charge is 2.49. The predicted octanol–water partition coefficient (Wildman–Crippen LogP) is 5.65. The Morgan fingerprint density at radius 3 is 2.53 bits per heavy atom. The number of fused-ring (bicyclic) bond motifs is 1. The van der Waals surface area contributed by atoms with Gasteiger partial charge >= 0.3 is 18.1 Å². The Balaban J connectivity index is 1.63. The third-order valence-corrected chi connectivity index (χ3v) is 10.3. The highest BCUT2D eigenvalue weighted by atomic mass is 35.5. The molecule has 0 aliphatic carbocycles. The molecule has 0 spiro atoms. The quantitative estimate of drug-likeness (QED) is 0.164. The maximum Gasteiger partial charge on any atom is 0.491 e. The number of amides is 1. The molecule has 1 aliphatic heterocycles. The van der Waals surface area contributed by atoms with Crippen LogP contribution in [0.1, 0.15) is 36.6 Å². The van der Waals surface area contributed by atoms with Crippen molar-refractivity contribution in [3.63, 3.8) is 0 Å². The van der Waals surface area contributed by atoms with Gasteiger partial charge in [0, 0.05) is 23.8 Å². The van der Waals surface area contributed by atoms with Crippen molar-refractivity contribution >= 4 is 61.6 Å². The zero-order valence-electron chi connectivity index (χ0n) is 26.0. The number of nitrogens with zero attached hydrogens (tertiary/aromatic N) is 2. The Hall–Kier alpha value is -4.89. The molecule has 5 rings (SSSR count). The third kappa shape index (κ3) is 7.27. The van der Waals surface area contributed by atoms with Crippen molar-refractivity contribution in [2.75, 3.05) is 30.5 Å². The average Bonchev–Trinajstić information content (AvgIpc) is 3.52. The van der Waals surface area contributed by atoms with Gasteiger partial charge in [0.05, 0.1) is 34.7 Å². The molecule has 258 valence electrons. The summed E-state index contributed by atoms with van der Waals surface area (Å²) in [6.07, 6.45) is -4.18. The summed E-state index contributed by atoms with van der Waals surface area (Å²) < 4.78 is 75.2. The van der Waals surface area contributed by atoms with Crippen LogP contribution in [0.15, 0.2) is 77.8 Å². The van der Waals surface area contributed by atoms with Crippen LogP contribution < -0.4 is 15.8 Å². The Labute approximate surface area is 284 Å². The molecule has 0 radical (unpaired) electrons. The van der Waals surface area contributed by atoms with E-state index in [1.54, 1.807) is 30.3 Å². The number of likely N-dealkylation sites (tertiary alicyclic amines) is 1. The molecule has 0 bridgehead atoms. The maximum atomic E-state index is 14.7. The van der Waals surface area contributed by atoms with E-state index in [2.05, 4.69) is 15.0 Å². The number of esters is 2. The van der Waals surface area contributed by atoms with E-state index in [1.165, 1.54) is 61.5 Å². The lowest BCUT2D eigenvalue weighted by molar-refractivity contribution is -0.203. The summed E-state index contributed by atoms with van der Waals surface area (Å²) in [4.78, 5) is 44.7. The Morgan fingerprint density at radius 2 is 1.84 bits per heavy atom. The lowest BCUT2D eigenvalue weighted by Crippen LogP contribution is -2.40. The van der Waals surface area contributed by atoms with E-state index in [0.717, 1.165) is 0 Å². The number of nitrogens with one attached hydrogen (secondary N) is 1. The number of anilines is 2. The standard InChI is InChI=1S/C33H30ClF3N4O7S/c1-3-49(45,46)26-7-5-4-6-22(26)28-23(31(43)48-32(44)33(35,36)37)13-15-41(28)30(42)27(19-8-11-24(34)25(17-19)47-2)40-20-9-10-21-18(16-20)12-14-39-29(21)38/h4-12,14,16-17,23,27-28,40H,3,13,15H2,1-2H3,(H2,38,39)/t23?,27-,28?/m1/s1. The molecule has 1 aromatic heterocycles. The summed E-state index contributed by atoms with van der Waals surface area (Å²) in [5, 5.41) is 4.80. The van der Waals surface area contributed by atoms with Crippen LogP contribution in [0.5, 0.6) is 5.75 Å². The van der Waals surface area contributed by atoms with E-state index >= 15 is 0 Å². The van der Waals surface area contributed by atoms with Crippen LogP contribution in [0.25, 0.3) is 10.8 Å². The van der Waals surface area contributed by atoms with Gasteiger partial charge in [0.1, 0.15) is 17.6 Å². The molecule has 3 atom stereocenters. The van der Waals surface area contributed by atoms with Crippen molar-refractivity contribution in [3.8, 4) is 5.75 Å². The molecule has 11 nitrogen and oxygen atoms in total. The molecule has 4 aromatic rings. The number of rotatable bonds is 9. The van der Waals surface area contributed by atoms with Crippen LogP contribution in [0.3, 0.4) is 0 Å². The third-order valence-electron chi connectivity index (χ3n) is 8.22. The van der Waals surface area contributed by atoms with E-state index in [9.17, 15) is 36.0 Å². The minimum Gasteiger partial charge on any atom is -0.495 e. The number of benzene rings is 3. The van der Waals surface area contributed by atoms with Crippen molar-refractivity contribution in [1.82, 2.24) is 9.88 Å². The number of nitrogens with two attached hydrogens (primary N) is 1. The lowest BCUT2D eigenvalue weighted by Gasteiger charge is -2.33. The number of carbonyl (C=O) groups excluding carboxylic acids is 3. The Morgan fingerprint density at radius 1 is 1.10 bits per heavy atom. The Kier molecular flexibility index (Phi) is 10.1. The second kappa shape index (κ2) is 13.9. The smallest absolute Gasteiger partial charge is 0.491 e. The molecule has 1 amide bonds. The summed E-state index contributed by atoms with van der Waals surface area (Å²) in [5.41, 5.74) is 6.81. The number of methoxy groups -OCH3 is 1. The topological polar surface area (TPSA) is 158 Å². The fraction of sp³-hybridized carbons (Fsp3) is 0.273. The van der Waals surface area contributed by atoms with E-state index in [0.29, 0.717) is 27.8 Å². The number of alkyl halides is 3. The van der Waals surface area contributed by atoms with Gasteiger partial charge in [-0.2, -0.15) is 13.2 Å². The van der Waals surface area contributed by atoms with Crippen molar-refractivity contribution in [3.05, 3.63) is 89.1 Å². The molecule has 3 aromatic carbocycles. The number of ether oxygens (including phenoxy) is 2. The number of carbonyl (C=O) groups is 3. The molecular weight excluding hydrogens is 689 g/mol. The van der Waals surface area contributed by atoms with Crippen LogP contribution >= 0.6 is 11.6 Å². The summed E-state index contributed by atoms with van der Waals surface area (Å²) in [7, 11) is -2.58. The molecular formula is C33H30ClF3N4O7S. The van der Waals surface area contributed by atoms with E-state index in [4.69, 9.17) is 22.1 Å². The maximum absolute atomic E-state index is 14.7. The molecule has 16 heteroatoms. The summed E-state index contributed by atoms with van der Waals surface area (Å²) in [6.45, 7) is 1.20. The van der Waals surface area contributed by atoms with Crippen LogP contribution in [0.4, 0.5) is 24.7 Å². The minimum atomic E-state index is -5.47. The first-order chi connectivity index (χ1) is 23.2. The summed E-state index contributed by atoms with van der Waals surface area (Å²) in [6, 6.07) is 14.3. The fourth-order valence-corrected chi connectivity index (χ4v) is 7.17. The van der Waals surface area contributed by atoms with Crippen molar-refractivity contribution < 1.29 is 45.4 Å². The number of hydrogen-bond acceptors (Lipinski definition) is 10. The number of halogens is 4. The molecule has 1 fully saturated rings. The molecule has 2 heterocycles. The van der Waals surface area contributed by atoms with Gasteiger partial charge in [-0.25, -0.2) is 18.2 Å². The normalized spacial score (nSPS) is 17.1. The lowest BCUT2D eigenvalue weighted by atomic mass is 9.93. The molecule has 0 saturated carbocycles. The number of hydrogen-bond donors (Lipinski definition) is 2. The summed E-state index contributed by atoms with van der Waals surface area (Å²) in [5.74, 6) is -6.30. The second-order valence-electron chi connectivity index (χ2n) is 11.1. The van der Waals surface area contributed by atoms with Gasteiger partial charge in [0.2, 0.25) is 5.91 Å². The van der Waals surface area contributed by atoms with Crippen molar-refractivity contribution in [1.29, 1.82) is 0 Å². The fourth-order valence-electron chi connectivity index (χ4n) is 5.83.